The molecule has 0 bridgehead atoms. The summed E-state index contributed by atoms with van der Waals surface area (Å²) in [5.74, 6) is -0.451. The molecule has 1 heterocycles. The van der Waals surface area contributed by atoms with E-state index in [0.717, 1.165) is 45.3 Å². The highest BCUT2D eigenvalue weighted by atomic mass is 32.1. The number of hydrogen-bond acceptors (Lipinski definition) is 5. The lowest BCUT2D eigenvalue weighted by molar-refractivity contribution is 0.102. The molecule has 0 fully saturated rings. The Morgan fingerprint density at radius 2 is 1.68 bits per heavy atom. The molecule has 4 aromatic rings. The number of halogens is 1. The molecule has 0 spiro atoms. The van der Waals surface area contributed by atoms with Crippen molar-refractivity contribution >= 4 is 38.3 Å². The number of anilines is 2. The summed E-state index contributed by atoms with van der Waals surface area (Å²) in [6.07, 6.45) is 0. The molecule has 5 nitrogen and oxygen atoms in total. The zero-order valence-corrected chi connectivity index (χ0v) is 18.2. The van der Waals surface area contributed by atoms with Crippen LogP contribution in [0.2, 0.25) is 0 Å². The van der Waals surface area contributed by atoms with Crippen molar-refractivity contribution in [2.75, 3.05) is 37.8 Å². The van der Waals surface area contributed by atoms with Crippen LogP contribution < -0.4 is 10.6 Å². The smallest absolute Gasteiger partial charge is 0.255 e. The van der Waals surface area contributed by atoms with E-state index in [9.17, 15) is 9.18 Å². The molecular weight excluding hydrogens is 411 g/mol. The molecule has 2 N–H and O–H groups in total. The van der Waals surface area contributed by atoms with Gasteiger partial charge in [0.2, 0.25) is 0 Å². The average Bonchev–Trinajstić information content (AvgIpc) is 3.16. The molecule has 0 saturated carbocycles. The number of hydrogen-bond donors (Lipinski definition) is 2. The Morgan fingerprint density at radius 1 is 1.00 bits per heavy atom. The van der Waals surface area contributed by atoms with Crippen LogP contribution in [0.15, 0.2) is 66.7 Å². The summed E-state index contributed by atoms with van der Waals surface area (Å²) >= 11 is 1.57. The number of carbonyl (C=O) groups excluding carboxylic acids is 1. The summed E-state index contributed by atoms with van der Waals surface area (Å²) in [5.41, 5.74) is 4.01. The first-order valence-corrected chi connectivity index (χ1v) is 10.8. The first kappa shape index (κ1) is 21.0. The fraction of sp³-hybridized carbons (Fsp3) is 0.167. The molecule has 0 aliphatic heterocycles. The van der Waals surface area contributed by atoms with Gasteiger partial charge in [0.15, 0.2) is 5.13 Å². The largest absolute Gasteiger partial charge is 0.360 e. The highest BCUT2D eigenvalue weighted by molar-refractivity contribution is 7.22. The lowest BCUT2D eigenvalue weighted by Crippen LogP contribution is -2.20. The molecule has 158 valence electrons. The highest BCUT2D eigenvalue weighted by Crippen LogP contribution is 2.28. The van der Waals surface area contributed by atoms with E-state index in [2.05, 4.69) is 20.5 Å². The van der Waals surface area contributed by atoms with Crippen LogP contribution in [0, 0.1) is 5.82 Å². The molecular formula is C24H23FN4OS. The molecule has 1 amide bonds. The zero-order valence-electron chi connectivity index (χ0n) is 17.4. The van der Waals surface area contributed by atoms with Gasteiger partial charge in [-0.1, -0.05) is 35.6 Å². The minimum absolute atomic E-state index is 0.182. The first-order valence-electron chi connectivity index (χ1n) is 9.94. The Hall–Kier alpha value is -3.29. The van der Waals surface area contributed by atoms with E-state index in [0.29, 0.717) is 5.56 Å². The predicted molar refractivity (Wildman–Crippen MR) is 126 cm³/mol. The molecule has 0 saturated heterocycles. The molecule has 31 heavy (non-hydrogen) atoms. The maximum atomic E-state index is 13.1. The van der Waals surface area contributed by atoms with Crippen molar-refractivity contribution in [2.24, 2.45) is 0 Å². The normalized spacial score (nSPS) is 11.1. The van der Waals surface area contributed by atoms with E-state index in [-0.39, 0.29) is 11.7 Å². The Labute approximate surface area is 184 Å². The number of fused-ring (bicyclic) bond motifs is 1. The van der Waals surface area contributed by atoms with Gasteiger partial charge in [-0.25, -0.2) is 9.37 Å². The van der Waals surface area contributed by atoms with Crippen LogP contribution in [0.5, 0.6) is 0 Å². The van der Waals surface area contributed by atoms with Crippen molar-refractivity contribution in [2.45, 2.75) is 0 Å². The molecule has 0 aliphatic rings. The molecule has 0 atom stereocenters. The second kappa shape index (κ2) is 9.24. The maximum Gasteiger partial charge on any atom is 0.255 e. The van der Waals surface area contributed by atoms with Crippen molar-refractivity contribution in [3.05, 3.63) is 78.1 Å². The van der Waals surface area contributed by atoms with Crippen molar-refractivity contribution in [1.82, 2.24) is 9.88 Å². The fourth-order valence-corrected chi connectivity index (χ4v) is 4.05. The highest BCUT2D eigenvalue weighted by Gasteiger charge is 2.09. The quantitative estimate of drug-likeness (QED) is 0.413. The van der Waals surface area contributed by atoms with Gasteiger partial charge in [0, 0.05) is 24.3 Å². The Kier molecular flexibility index (Phi) is 6.25. The van der Waals surface area contributed by atoms with E-state index in [1.807, 2.05) is 44.4 Å². The Bertz CT molecular complexity index is 1190. The van der Waals surface area contributed by atoms with Gasteiger partial charge in [-0.15, -0.1) is 0 Å². The van der Waals surface area contributed by atoms with Gasteiger partial charge in [0.1, 0.15) is 5.82 Å². The molecule has 0 unspecified atom stereocenters. The number of thiazole rings is 1. The average molecular weight is 435 g/mol. The Balaban J connectivity index is 1.43. The number of nitrogens with zero attached hydrogens (tertiary/aromatic N) is 2. The summed E-state index contributed by atoms with van der Waals surface area (Å²) in [4.78, 5) is 19.4. The van der Waals surface area contributed by atoms with Crippen molar-refractivity contribution < 1.29 is 9.18 Å². The number of rotatable bonds is 7. The summed E-state index contributed by atoms with van der Waals surface area (Å²) in [5, 5.41) is 7.15. The summed E-state index contributed by atoms with van der Waals surface area (Å²) in [6, 6.07) is 19.3. The molecule has 4 rings (SSSR count). The van der Waals surface area contributed by atoms with Crippen LogP contribution in [0.4, 0.5) is 15.2 Å². The first-order chi connectivity index (χ1) is 15.0. The van der Waals surface area contributed by atoms with Crippen molar-refractivity contribution in [1.29, 1.82) is 0 Å². The molecule has 1 aromatic heterocycles. The van der Waals surface area contributed by atoms with Gasteiger partial charge >= 0.3 is 0 Å². The van der Waals surface area contributed by atoms with E-state index in [4.69, 9.17) is 0 Å². The third-order valence-corrected chi connectivity index (χ3v) is 5.78. The van der Waals surface area contributed by atoms with Crippen LogP contribution in [0.3, 0.4) is 0 Å². The topological polar surface area (TPSA) is 57.3 Å². The standard InChI is InChI=1S/C24H23FN4OS/c1-29(2)14-13-26-24-28-21-12-11-20(15-22(21)31-24)27-23(30)18-5-3-16(4-6-18)17-7-9-19(25)10-8-17/h3-12,15H,13-14H2,1-2H3,(H,26,28)(H,27,30). The van der Waals surface area contributed by atoms with Crippen LogP contribution in [-0.4, -0.2) is 43.0 Å². The maximum absolute atomic E-state index is 13.1. The van der Waals surface area contributed by atoms with Crippen molar-refractivity contribution in [3.8, 4) is 11.1 Å². The van der Waals surface area contributed by atoms with Crippen LogP contribution >= 0.6 is 11.3 Å². The molecule has 0 aliphatic carbocycles. The molecule has 0 radical (unpaired) electrons. The van der Waals surface area contributed by atoms with E-state index >= 15 is 0 Å². The third-order valence-electron chi connectivity index (χ3n) is 4.81. The monoisotopic (exact) mass is 434 g/mol. The van der Waals surface area contributed by atoms with Gasteiger partial charge in [-0.2, -0.15) is 0 Å². The number of carbonyl (C=O) groups is 1. The van der Waals surface area contributed by atoms with Gasteiger partial charge in [0.25, 0.3) is 5.91 Å². The third kappa shape index (κ3) is 5.25. The lowest BCUT2D eigenvalue weighted by atomic mass is 10.0. The summed E-state index contributed by atoms with van der Waals surface area (Å²) < 4.78 is 14.1. The van der Waals surface area contributed by atoms with Crippen molar-refractivity contribution in [3.63, 3.8) is 0 Å². The van der Waals surface area contributed by atoms with Gasteiger partial charge < -0.3 is 15.5 Å². The number of amides is 1. The number of nitrogens with one attached hydrogen (secondary N) is 2. The van der Waals surface area contributed by atoms with Gasteiger partial charge in [-0.05, 0) is 67.7 Å². The summed E-state index contributed by atoms with van der Waals surface area (Å²) in [7, 11) is 4.07. The lowest BCUT2D eigenvalue weighted by Gasteiger charge is -2.08. The summed E-state index contributed by atoms with van der Waals surface area (Å²) in [6.45, 7) is 1.75. The SMILES string of the molecule is CN(C)CCNc1nc2ccc(NC(=O)c3ccc(-c4ccc(F)cc4)cc3)cc2s1. The van der Waals surface area contributed by atoms with Gasteiger partial charge in [-0.3, -0.25) is 4.79 Å². The number of aromatic nitrogens is 1. The van der Waals surface area contributed by atoms with Crippen LogP contribution in [-0.2, 0) is 0 Å². The predicted octanol–water partition coefficient (Wildman–Crippen LogP) is 5.33. The molecule has 7 heteroatoms. The fourth-order valence-electron chi connectivity index (χ4n) is 3.12. The van der Waals surface area contributed by atoms with E-state index in [1.165, 1.54) is 12.1 Å². The number of benzene rings is 3. The van der Waals surface area contributed by atoms with E-state index < -0.39 is 0 Å². The minimum Gasteiger partial charge on any atom is -0.360 e. The molecule has 3 aromatic carbocycles. The number of likely N-dealkylation sites (N-methyl/N-ethyl adjacent to an activating group) is 1. The van der Waals surface area contributed by atoms with Crippen LogP contribution in [0.1, 0.15) is 10.4 Å². The van der Waals surface area contributed by atoms with Crippen LogP contribution in [0.25, 0.3) is 21.3 Å². The second-order valence-corrected chi connectivity index (χ2v) is 8.50. The minimum atomic E-state index is -0.269. The second-order valence-electron chi connectivity index (χ2n) is 7.47. The Morgan fingerprint density at radius 3 is 2.35 bits per heavy atom. The van der Waals surface area contributed by atoms with Gasteiger partial charge in [0.05, 0.1) is 10.2 Å². The van der Waals surface area contributed by atoms with E-state index in [1.54, 1.807) is 35.6 Å². The zero-order chi connectivity index (χ0) is 21.8.